The molecule has 3 aliphatic rings. The van der Waals surface area contributed by atoms with Gasteiger partial charge in [-0.2, -0.15) is 0 Å². The summed E-state index contributed by atoms with van der Waals surface area (Å²) in [5.41, 5.74) is 0.790. The van der Waals surface area contributed by atoms with Gasteiger partial charge in [0.15, 0.2) is 5.82 Å². The summed E-state index contributed by atoms with van der Waals surface area (Å²) in [6, 6.07) is 6.04. The molecule has 3 saturated carbocycles. The number of H-pyrrole nitrogens is 1. The maximum atomic E-state index is 14.9. The summed E-state index contributed by atoms with van der Waals surface area (Å²) >= 11 is 0. The molecule has 0 spiro atoms. The molecule has 2 aromatic carbocycles. The SMILES string of the molecule is O=C(O)[C@H]1C2CCC(CC2)[C@@H]1Nc1nc(-c2c[nH]c3c(F)cc(F)cc23)nc2cccc(F)c12. The summed E-state index contributed by atoms with van der Waals surface area (Å²) in [7, 11) is 0. The molecule has 7 rings (SSSR count). The number of carboxylic acids is 1. The van der Waals surface area contributed by atoms with Crippen molar-refractivity contribution >= 4 is 33.6 Å². The monoisotopic (exact) mass is 466 g/mol. The van der Waals surface area contributed by atoms with E-state index in [0.717, 1.165) is 31.7 Å². The first-order valence-corrected chi connectivity index (χ1v) is 11.3. The second-order valence-electron chi connectivity index (χ2n) is 9.25. The minimum Gasteiger partial charge on any atom is -0.481 e. The predicted octanol–water partition coefficient (Wildman–Crippen LogP) is 5.50. The van der Waals surface area contributed by atoms with Gasteiger partial charge in [-0.1, -0.05) is 6.07 Å². The fourth-order valence-electron chi connectivity index (χ4n) is 5.88. The zero-order valence-electron chi connectivity index (χ0n) is 18.0. The van der Waals surface area contributed by atoms with E-state index in [1.807, 2.05) is 0 Å². The number of rotatable bonds is 4. The number of carbonyl (C=O) groups is 1. The number of nitrogens with zero attached hydrogens (tertiary/aromatic N) is 2. The Morgan fingerprint density at radius 3 is 2.56 bits per heavy atom. The largest absolute Gasteiger partial charge is 0.481 e. The number of fused-ring (bicyclic) bond motifs is 5. The standard InChI is InChI=1S/C25H21F3N4O2/c26-13-8-14-15(10-29-22(14)17(28)9-13)23-30-18-3-1-2-16(27)20(18)24(32-23)31-21-12-6-4-11(5-7-12)19(21)25(33)34/h1-3,8-12,19,21,29H,4-7H2,(H,33,34)(H,30,31,32)/t11?,12?,19-,21-/m0/s1. The Balaban J connectivity index is 1.52. The quantitative estimate of drug-likeness (QED) is 0.370. The van der Waals surface area contributed by atoms with Crippen molar-refractivity contribution in [3.8, 4) is 11.4 Å². The summed E-state index contributed by atoms with van der Waals surface area (Å²) in [4.78, 5) is 23.9. The molecule has 3 fully saturated rings. The van der Waals surface area contributed by atoms with Crippen LogP contribution in [0.5, 0.6) is 0 Å². The molecule has 2 atom stereocenters. The molecule has 0 unspecified atom stereocenters. The van der Waals surface area contributed by atoms with Gasteiger partial charge in [0.1, 0.15) is 23.3 Å². The lowest BCUT2D eigenvalue weighted by Gasteiger charge is -2.47. The molecule has 4 aromatic rings. The Labute approximate surface area is 192 Å². The number of aliphatic carboxylic acids is 1. The Morgan fingerprint density at radius 1 is 1.03 bits per heavy atom. The average Bonchev–Trinajstić information content (AvgIpc) is 3.23. The van der Waals surface area contributed by atoms with Gasteiger partial charge < -0.3 is 15.4 Å². The summed E-state index contributed by atoms with van der Waals surface area (Å²) in [5.74, 6) is -2.92. The van der Waals surface area contributed by atoms with Crippen molar-refractivity contribution in [2.24, 2.45) is 17.8 Å². The number of nitrogens with one attached hydrogen (secondary N) is 2. The third-order valence-electron chi connectivity index (χ3n) is 7.43. The number of carboxylic acid groups (broad SMARTS) is 1. The molecule has 6 nitrogen and oxygen atoms in total. The predicted molar refractivity (Wildman–Crippen MR) is 121 cm³/mol. The van der Waals surface area contributed by atoms with Gasteiger partial charge >= 0.3 is 5.97 Å². The molecule has 0 amide bonds. The van der Waals surface area contributed by atoms with Crippen molar-refractivity contribution in [2.75, 3.05) is 5.32 Å². The third kappa shape index (κ3) is 3.21. The summed E-state index contributed by atoms with van der Waals surface area (Å²) < 4.78 is 43.1. The van der Waals surface area contributed by atoms with Gasteiger partial charge in [-0.25, -0.2) is 23.1 Å². The van der Waals surface area contributed by atoms with Crippen LogP contribution in [0.15, 0.2) is 36.5 Å². The topological polar surface area (TPSA) is 90.9 Å². The molecule has 2 bridgehead atoms. The molecule has 2 heterocycles. The van der Waals surface area contributed by atoms with Crippen LogP contribution in [0.3, 0.4) is 0 Å². The van der Waals surface area contributed by atoms with Crippen LogP contribution in [0.4, 0.5) is 19.0 Å². The average molecular weight is 466 g/mol. The van der Waals surface area contributed by atoms with Gasteiger partial charge in [0.25, 0.3) is 0 Å². The van der Waals surface area contributed by atoms with Crippen LogP contribution in [-0.4, -0.2) is 32.1 Å². The summed E-state index contributed by atoms with van der Waals surface area (Å²) in [5, 5.41) is 13.6. The van der Waals surface area contributed by atoms with E-state index in [0.29, 0.717) is 11.1 Å². The molecule has 9 heteroatoms. The van der Waals surface area contributed by atoms with Crippen LogP contribution in [0.2, 0.25) is 0 Å². The molecular formula is C25H21F3N4O2. The van der Waals surface area contributed by atoms with Gasteiger partial charge in [-0.15, -0.1) is 0 Å². The lowest BCUT2D eigenvalue weighted by molar-refractivity contribution is -0.148. The third-order valence-corrected chi connectivity index (χ3v) is 7.43. The number of hydrogen-bond acceptors (Lipinski definition) is 4. The van der Waals surface area contributed by atoms with E-state index in [1.54, 1.807) is 6.07 Å². The van der Waals surface area contributed by atoms with E-state index < -0.39 is 35.4 Å². The lowest BCUT2D eigenvalue weighted by Crippen LogP contribution is -2.51. The summed E-state index contributed by atoms with van der Waals surface area (Å²) in [6.45, 7) is 0. The van der Waals surface area contributed by atoms with Crippen molar-refractivity contribution in [2.45, 2.75) is 31.7 Å². The van der Waals surface area contributed by atoms with Crippen molar-refractivity contribution in [1.29, 1.82) is 0 Å². The number of hydrogen-bond donors (Lipinski definition) is 3. The van der Waals surface area contributed by atoms with Crippen molar-refractivity contribution in [3.63, 3.8) is 0 Å². The van der Waals surface area contributed by atoms with E-state index in [-0.39, 0.29) is 39.8 Å². The van der Waals surface area contributed by atoms with Crippen molar-refractivity contribution in [1.82, 2.24) is 15.0 Å². The van der Waals surface area contributed by atoms with Crippen LogP contribution >= 0.6 is 0 Å². The van der Waals surface area contributed by atoms with Crippen LogP contribution in [0.1, 0.15) is 25.7 Å². The van der Waals surface area contributed by atoms with Crippen LogP contribution in [0, 0.1) is 35.2 Å². The highest BCUT2D eigenvalue weighted by molar-refractivity contribution is 5.97. The van der Waals surface area contributed by atoms with Gasteiger partial charge in [0, 0.05) is 29.3 Å². The molecule has 0 saturated heterocycles. The Hall–Kier alpha value is -3.62. The van der Waals surface area contributed by atoms with Crippen molar-refractivity contribution < 1.29 is 23.1 Å². The molecule has 174 valence electrons. The van der Waals surface area contributed by atoms with Crippen LogP contribution in [0.25, 0.3) is 33.2 Å². The van der Waals surface area contributed by atoms with E-state index in [9.17, 15) is 23.1 Å². The van der Waals surface area contributed by atoms with Crippen molar-refractivity contribution in [3.05, 3.63) is 54.0 Å². The smallest absolute Gasteiger partial charge is 0.308 e. The second-order valence-corrected chi connectivity index (χ2v) is 9.25. The molecule has 3 aliphatic carbocycles. The number of aromatic amines is 1. The molecule has 2 aromatic heterocycles. The lowest BCUT2D eigenvalue weighted by atomic mass is 9.61. The number of benzene rings is 2. The first kappa shape index (κ1) is 20.9. The van der Waals surface area contributed by atoms with E-state index in [4.69, 9.17) is 0 Å². The van der Waals surface area contributed by atoms with Crippen LogP contribution < -0.4 is 5.32 Å². The van der Waals surface area contributed by atoms with Gasteiger partial charge in [-0.3, -0.25) is 4.79 Å². The molecular weight excluding hydrogens is 445 g/mol. The van der Waals surface area contributed by atoms with Crippen LogP contribution in [-0.2, 0) is 4.79 Å². The molecule has 34 heavy (non-hydrogen) atoms. The first-order valence-electron chi connectivity index (χ1n) is 11.3. The maximum absolute atomic E-state index is 14.9. The second kappa shape index (κ2) is 7.72. The Morgan fingerprint density at radius 2 is 1.79 bits per heavy atom. The Bertz CT molecular complexity index is 1450. The summed E-state index contributed by atoms with van der Waals surface area (Å²) in [6.07, 6.45) is 5.05. The highest BCUT2D eigenvalue weighted by atomic mass is 19.1. The molecule has 0 radical (unpaired) electrons. The first-order chi connectivity index (χ1) is 16.4. The Kier molecular flexibility index (Phi) is 4.75. The van der Waals surface area contributed by atoms with Gasteiger partial charge in [0.05, 0.1) is 22.3 Å². The van der Waals surface area contributed by atoms with Gasteiger partial charge in [-0.05, 0) is 55.7 Å². The van der Waals surface area contributed by atoms with E-state index >= 15 is 0 Å². The minimum atomic E-state index is -0.867. The fraction of sp³-hybridized carbons (Fsp3) is 0.320. The number of halogens is 3. The zero-order chi connectivity index (χ0) is 23.6. The zero-order valence-corrected chi connectivity index (χ0v) is 18.0. The number of aromatic nitrogens is 3. The van der Waals surface area contributed by atoms with E-state index in [1.165, 1.54) is 24.4 Å². The maximum Gasteiger partial charge on any atom is 0.308 e. The number of anilines is 1. The molecule has 3 N–H and O–H groups in total. The highest BCUT2D eigenvalue weighted by Gasteiger charge is 2.47. The highest BCUT2D eigenvalue weighted by Crippen LogP contribution is 2.47. The normalized spacial score (nSPS) is 24.1. The fourth-order valence-corrected chi connectivity index (χ4v) is 5.88. The molecule has 0 aliphatic heterocycles. The minimum absolute atomic E-state index is 0.0667. The van der Waals surface area contributed by atoms with Gasteiger partial charge in [0.2, 0.25) is 0 Å². The van der Waals surface area contributed by atoms with E-state index in [2.05, 4.69) is 20.3 Å².